The summed E-state index contributed by atoms with van der Waals surface area (Å²) in [4.78, 5) is 0. The second-order valence-corrected chi connectivity index (χ2v) is 3.13. The maximum Gasteiger partial charge on any atom is 0.203 e. The third kappa shape index (κ3) is 2.70. The van der Waals surface area contributed by atoms with Crippen molar-refractivity contribution < 1.29 is 14.2 Å². The first kappa shape index (κ1) is 12.4. The molecule has 0 unspecified atom stereocenters. The van der Waals surface area contributed by atoms with Gasteiger partial charge in [0.05, 0.1) is 21.3 Å². The van der Waals surface area contributed by atoms with Crippen LogP contribution in [0.2, 0.25) is 0 Å². The normalized spacial score (nSPS) is 9.75. The Kier molecular flexibility index (Phi) is 4.72. The van der Waals surface area contributed by atoms with Crippen molar-refractivity contribution in [1.82, 2.24) is 0 Å². The third-order valence-corrected chi connectivity index (χ3v) is 2.14. The summed E-state index contributed by atoms with van der Waals surface area (Å²) < 4.78 is 15.7. The summed E-state index contributed by atoms with van der Waals surface area (Å²) >= 11 is 0. The van der Waals surface area contributed by atoms with Gasteiger partial charge >= 0.3 is 0 Å². The van der Waals surface area contributed by atoms with Crippen LogP contribution in [-0.4, -0.2) is 34.4 Å². The van der Waals surface area contributed by atoms with Crippen LogP contribution >= 0.6 is 0 Å². The van der Waals surface area contributed by atoms with Gasteiger partial charge in [-0.2, -0.15) is 0 Å². The molecule has 1 aromatic carbocycles. The van der Waals surface area contributed by atoms with Gasteiger partial charge in [-0.25, -0.2) is 0 Å². The molecule has 0 aliphatic rings. The lowest BCUT2D eigenvalue weighted by Crippen LogP contribution is -2.13. The molecular weight excluding hydrogens is 208 g/mol. The van der Waals surface area contributed by atoms with E-state index in [-0.39, 0.29) is 0 Å². The first-order valence-corrected chi connectivity index (χ1v) is 5.00. The van der Waals surface area contributed by atoms with Gasteiger partial charge in [-0.3, -0.25) is 0 Å². The van der Waals surface area contributed by atoms with Gasteiger partial charge in [-0.05, 0) is 0 Å². The van der Waals surface area contributed by atoms with Gasteiger partial charge in [-0.15, -0.1) is 0 Å². The van der Waals surface area contributed by atoms with E-state index >= 15 is 0 Å². The van der Waals surface area contributed by atoms with E-state index in [0.717, 1.165) is 5.69 Å². The van der Waals surface area contributed by atoms with Crippen molar-refractivity contribution in [3.63, 3.8) is 0 Å². The monoisotopic (exact) mass is 226 g/mol. The molecule has 0 spiro atoms. The molecule has 1 rings (SSSR count). The Hall–Kier alpha value is -1.62. The zero-order chi connectivity index (χ0) is 12.0. The fourth-order valence-electron chi connectivity index (χ4n) is 1.40. The van der Waals surface area contributed by atoms with Gasteiger partial charge in [0.2, 0.25) is 5.75 Å². The van der Waals surface area contributed by atoms with E-state index in [4.69, 9.17) is 19.9 Å². The van der Waals surface area contributed by atoms with Gasteiger partial charge in [-0.1, -0.05) is 0 Å². The molecule has 0 radical (unpaired) electrons. The molecule has 5 heteroatoms. The SMILES string of the molecule is COc1cc(NCCN)cc(OC)c1OC. The van der Waals surface area contributed by atoms with Gasteiger partial charge in [0.25, 0.3) is 0 Å². The molecule has 5 nitrogen and oxygen atoms in total. The van der Waals surface area contributed by atoms with E-state index in [2.05, 4.69) is 5.32 Å². The predicted molar refractivity (Wildman–Crippen MR) is 63.6 cm³/mol. The first-order chi connectivity index (χ1) is 7.76. The van der Waals surface area contributed by atoms with Gasteiger partial charge in [0.15, 0.2) is 11.5 Å². The molecule has 0 saturated carbocycles. The molecule has 1 aromatic rings. The highest BCUT2D eigenvalue weighted by molar-refractivity contribution is 5.62. The minimum absolute atomic E-state index is 0.566. The third-order valence-electron chi connectivity index (χ3n) is 2.14. The predicted octanol–water partition coefficient (Wildman–Crippen LogP) is 1.08. The quantitative estimate of drug-likeness (QED) is 0.760. The largest absolute Gasteiger partial charge is 0.493 e. The van der Waals surface area contributed by atoms with Gasteiger partial charge in [0, 0.05) is 30.9 Å². The van der Waals surface area contributed by atoms with E-state index in [0.29, 0.717) is 30.3 Å². The topological polar surface area (TPSA) is 65.7 Å². The van der Waals surface area contributed by atoms with E-state index in [9.17, 15) is 0 Å². The Balaban J connectivity index is 3.05. The summed E-state index contributed by atoms with van der Waals surface area (Å²) in [5.41, 5.74) is 6.31. The van der Waals surface area contributed by atoms with Gasteiger partial charge < -0.3 is 25.3 Å². The lowest BCUT2D eigenvalue weighted by Gasteiger charge is -2.14. The minimum atomic E-state index is 0.566. The van der Waals surface area contributed by atoms with Crippen molar-refractivity contribution in [3.05, 3.63) is 12.1 Å². The number of hydrogen-bond donors (Lipinski definition) is 2. The van der Waals surface area contributed by atoms with Crippen molar-refractivity contribution in [3.8, 4) is 17.2 Å². The van der Waals surface area contributed by atoms with Crippen molar-refractivity contribution >= 4 is 5.69 Å². The molecule has 0 fully saturated rings. The van der Waals surface area contributed by atoms with Crippen molar-refractivity contribution in [2.45, 2.75) is 0 Å². The zero-order valence-corrected chi connectivity index (χ0v) is 9.87. The van der Waals surface area contributed by atoms with E-state index in [1.165, 1.54) is 0 Å². The highest BCUT2D eigenvalue weighted by Gasteiger charge is 2.12. The molecule has 90 valence electrons. The van der Waals surface area contributed by atoms with E-state index in [1.54, 1.807) is 21.3 Å². The Bertz CT molecular complexity index is 317. The zero-order valence-electron chi connectivity index (χ0n) is 9.87. The van der Waals surface area contributed by atoms with Crippen LogP contribution < -0.4 is 25.3 Å². The summed E-state index contributed by atoms with van der Waals surface area (Å²) in [6, 6.07) is 3.69. The number of anilines is 1. The summed E-state index contributed by atoms with van der Waals surface area (Å²) in [7, 11) is 4.75. The molecule has 0 aliphatic heterocycles. The smallest absolute Gasteiger partial charge is 0.203 e. The molecule has 16 heavy (non-hydrogen) atoms. The number of hydrogen-bond acceptors (Lipinski definition) is 5. The fourth-order valence-corrected chi connectivity index (χ4v) is 1.40. The Labute approximate surface area is 95.5 Å². The molecule has 0 amide bonds. The molecular formula is C11H18N2O3. The molecule has 0 saturated heterocycles. The van der Waals surface area contributed by atoms with E-state index in [1.807, 2.05) is 12.1 Å². The molecule has 0 atom stereocenters. The van der Waals surface area contributed by atoms with Crippen LogP contribution in [0.5, 0.6) is 17.2 Å². The Morgan fingerprint density at radius 2 is 1.62 bits per heavy atom. The second-order valence-electron chi connectivity index (χ2n) is 3.13. The van der Waals surface area contributed by atoms with Crippen molar-refractivity contribution in [2.75, 3.05) is 39.7 Å². The standard InChI is InChI=1S/C11H18N2O3/c1-14-9-6-8(13-5-4-12)7-10(15-2)11(9)16-3/h6-7,13H,4-5,12H2,1-3H3. The van der Waals surface area contributed by atoms with Crippen molar-refractivity contribution in [1.29, 1.82) is 0 Å². The average molecular weight is 226 g/mol. The summed E-state index contributed by atoms with van der Waals surface area (Å²) in [6.45, 7) is 1.26. The van der Waals surface area contributed by atoms with Crippen LogP contribution in [0, 0.1) is 0 Å². The number of nitrogens with one attached hydrogen (secondary N) is 1. The second kappa shape index (κ2) is 6.07. The highest BCUT2D eigenvalue weighted by atomic mass is 16.5. The summed E-state index contributed by atoms with van der Waals surface area (Å²) in [5.74, 6) is 1.84. The van der Waals surface area contributed by atoms with Crippen LogP contribution in [0.15, 0.2) is 12.1 Å². The number of methoxy groups -OCH3 is 3. The molecule has 0 bridgehead atoms. The fraction of sp³-hybridized carbons (Fsp3) is 0.455. The Morgan fingerprint density at radius 3 is 2.00 bits per heavy atom. The molecule has 0 aliphatic carbocycles. The number of nitrogens with two attached hydrogens (primary N) is 1. The van der Waals surface area contributed by atoms with E-state index < -0.39 is 0 Å². The lowest BCUT2D eigenvalue weighted by molar-refractivity contribution is 0.324. The van der Waals surface area contributed by atoms with Crippen LogP contribution in [0.3, 0.4) is 0 Å². The Morgan fingerprint density at radius 1 is 1.06 bits per heavy atom. The first-order valence-electron chi connectivity index (χ1n) is 5.00. The van der Waals surface area contributed by atoms with Crippen LogP contribution in [-0.2, 0) is 0 Å². The van der Waals surface area contributed by atoms with Crippen LogP contribution in [0.1, 0.15) is 0 Å². The molecule has 0 aromatic heterocycles. The number of ether oxygens (including phenoxy) is 3. The number of rotatable bonds is 6. The average Bonchev–Trinajstić information content (AvgIpc) is 2.34. The lowest BCUT2D eigenvalue weighted by atomic mass is 10.2. The molecule has 0 heterocycles. The molecule has 3 N–H and O–H groups in total. The van der Waals surface area contributed by atoms with Gasteiger partial charge in [0.1, 0.15) is 0 Å². The maximum atomic E-state index is 5.42. The maximum absolute atomic E-state index is 5.42. The number of benzene rings is 1. The van der Waals surface area contributed by atoms with Crippen LogP contribution in [0.4, 0.5) is 5.69 Å². The highest BCUT2D eigenvalue weighted by Crippen LogP contribution is 2.39. The minimum Gasteiger partial charge on any atom is -0.493 e. The van der Waals surface area contributed by atoms with Crippen LogP contribution in [0.25, 0.3) is 0 Å². The summed E-state index contributed by atoms with van der Waals surface area (Å²) in [6.07, 6.45) is 0. The van der Waals surface area contributed by atoms with Crippen molar-refractivity contribution in [2.24, 2.45) is 5.73 Å². The summed E-state index contributed by atoms with van der Waals surface area (Å²) in [5, 5.41) is 3.15.